The highest BCUT2D eigenvalue weighted by atomic mass is 19.1. The van der Waals surface area contributed by atoms with Crippen LogP contribution >= 0.6 is 0 Å². The Hall–Kier alpha value is -3.81. The number of fused-ring (bicyclic) bond motifs is 1. The fraction of sp³-hybridized carbons (Fsp3) is 0.250. The van der Waals surface area contributed by atoms with Crippen LogP contribution in [0.4, 0.5) is 4.39 Å². The van der Waals surface area contributed by atoms with Gasteiger partial charge in [-0.25, -0.2) is 9.37 Å². The number of nitrogens with one attached hydrogen (secondary N) is 1. The van der Waals surface area contributed by atoms with Crippen molar-refractivity contribution >= 4 is 17.7 Å². The van der Waals surface area contributed by atoms with Crippen molar-refractivity contribution < 1.29 is 18.8 Å². The third-order valence-electron chi connectivity index (χ3n) is 5.52. The fourth-order valence-corrected chi connectivity index (χ4v) is 3.88. The van der Waals surface area contributed by atoms with Crippen molar-refractivity contribution in [3.05, 3.63) is 88.8 Å². The maximum Gasteiger partial charge on any atom is 0.261 e. The summed E-state index contributed by atoms with van der Waals surface area (Å²) in [5.41, 5.74) is 2.28. The number of hydrogen-bond donors (Lipinski definition) is 1. The molecule has 2 heterocycles. The van der Waals surface area contributed by atoms with Crippen LogP contribution in [0.5, 0.6) is 0 Å². The summed E-state index contributed by atoms with van der Waals surface area (Å²) in [6.07, 6.45) is 3.77. The minimum Gasteiger partial charge on any atom is -0.342 e. The van der Waals surface area contributed by atoms with Crippen LogP contribution in [0.2, 0.25) is 0 Å². The van der Waals surface area contributed by atoms with E-state index >= 15 is 0 Å². The summed E-state index contributed by atoms with van der Waals surface area (Å²) in [6.45, 7) is 2.01. The molecule has 2 aromatic carbocycles. The Kier molecular flexibility index (Phi) is 5.85. The minimum absolute atomic E-state index is 0.0999. The highest BCUT2D eigenvalue weighted by Crippen LogP contribution is 2.25. The second kappa shape index (κ2) is 8.74. The Morgan fingerprint density at radius 3 is 2.62 bits per heavy atom. The summed E-state index contributed by atoms with van der Waals surface area (Å²) in [7, 11) is 1.80. The molecule has 3 amide bonds. The van der Waals surface area contributed by atoms with Gasteiger partial charge in [0.05, 0.1) is 11.1 Å². The van der Waals surface area contributed by atoms with E-state index in [1.165, 1.54) is 17.0 Å². The molecular formula is C24H23FN4O3. The number of rotatable bonds is 7. The highest BCUT2D eigenvalue weighted by Gasteiger charge is 2.35. The van der Waals surface area contributed by atoms with Crippen LogP contribution in [0.1, 0.15) is 56.6 Å². The van der Waals surface area contributed by atoms with E-state index in [2.05, 4.69) is 10.3 Å². The highest BCUT2D eigenvalue weighted by molar-refractivity contribution is 6.21. The Bertz CT molecular complexity index is 1200. The average molecular weight is 434 g/mol. The van der Waals surface area contributed by atoms with Crippen molar-refractivity contribution in [3.63, 3.8) is 0 Å². The number of imide groups is 1. The largest absolute Gasteiger partial charge is 0.342 e. The molecule has 0 spiro atoms. The molecule has 0 radical (unpaired) electrons. The Morgan fingerprint density at radius 2 is 1.91 bits per heavy atom. The first-order chi connectivity index (χ1) is 15.3. The molecule has 164 valence electrons. The molecule has 4 rings (SSSR count). The first kappa shape index (κ1) is 21.4. The number of benzene rings is 2. The number of carbonyl (C=O) groups is 3. The predicted octanol–water partition coefficient (Wildman–Crippen LogP) is 3.15. The summed E-state index contributed by atoms with van der Waals surface area (Å²) in [4.78, 5) is 43.3. The summed E-state index contributed by atoms with van der Waals surface area (Å²) in [5, 5.41) is 2.90. The number of hydrogen-bond acceptors (Lipinski definition) is 4. The Morgan fingerprint density at radius 1 is 1.12 bits per heavy atom. The zero-order valence-electron chi connectivity index (χ0n) is 17.8. The molecule has 32 heavy (non-hydrogen) atoms. The van der Waals surface area contributed by atoms with E-state index in [1.807, 2.05) is 6.92 Å². The summed E-state index contributed by atoms with van der Waals surface area (Å²) in [5.74, 6) is -0.790. The molecule has 7 nitrogen and oxygen atoms in total. The third-order valence-corrected chi connectivity index (χ3v) is 5.52. The smallest absolute Gasteiger partial charge is 0.261 e. The minimum atomic E-state index is -0.625. The van der Waals surface area contributed by atoms with E-state index < -0.39 is 11.9 Å². The molecule has 0 saturated carbocycles. The number of imidazole rings is 1. The van der Waals surface area contributed by atoms with Crippen molar-refractivity contribution in [2.24, 2.45) is 7.05 Å². The Balaban J connectivity index is 1.41. The molecule has 0 saturated heterocycles. The molecule has 0 fully saturated rings. The number of aromatic nitrogens is 2. The average Bonchev–Trinajstić information content (AvgIpc) is 3.28. The topological polar surface area (TPSA) is 84.3 Å². The van der Waals surface area contributed by atoms with Crippen LogP contribution in [-0.2, 0) is 11.8 Å². The molecule has 1 unspecified atom stereocenters. The number of nitrogens with zero attached hydrogens (tertiary/aromatic N) is 3. The lowest BCUT2D eigenvalue weighted by Crippen LogP contribution is -2.33. The molecule has 0 bridgehead atoms. The van der Waals surface area contributed by atoms with Gasteiger partial charge in [-0.15, -0.1) is 0 Å². The van der Waals surface area contributed by atoms with Crippen LogP contribution in [0.15, 0.2) is 54.9 Å². The van der Waals surface area contributed by atoms with Gasteiger partial charge < -0.3 is 9.88 Å². The van der Waals surface area contributed by atoms with Crippen molar-refractivity contribution in [1.82, 2.24) is 19.8 Å². The number of aryl methyl sites for hydroxylation is 2. The van der Waals surface area contributed by atoms with Crippen molar-refractivity contribution in [1.29, 1.82) is 0 Å². The van der Waals surface area contributed by atoms with Gasteiger partial charge in [0.1, 0.15) is 17.7 Å². The van der Waals surface area contributed by atoms with Gasteiger partial charge in [0.25, 0.3) is 11.8 Å². The lowest BCUT2D eigenvalue weighted by Gasteiger charge is -2.20. The zero-order valence-corrected chi connectivity index (χ0v) is 17.8. The van der Waals surface area contributed by atoms with Gasteiger partial charge in [0.15, 0.2) is 0 Å². The molecule has 8 heteroatoms. The molecule has 1 aliphatic heterocycles. The second-order valence-corrected chi connectivity index (χ2v) is 7.87. The molecule has 3 aromatic rings. The van der Waals surface area contributed by atoms with Crippen LogP contribution in [0.3, 0.4) is 0 Å². The van der Waals surface area contributed by atoms with Gasteiger partial charge >= 0.3 is 0 Å². The van der Waals surface area contributed by atoms with Crippen LogP contribution in [-0.4, -0.2) is 38.7 Å². The maximum absolute atomic E-state index is 13.8. The first-order valence-corrected chi connectivity index (χ1v) is 10.3. The summed E-state index contributed by atoms with van der Waals surface area (Å²) in [6, 6.07) is 10.5. The van der Waals surface area contributed by atoms with Gasteiger partial charge in [-0.1, -0.05) is 23.8 Å². The monoisotopic (exact) mass is 434 g/mol. The molecule has 1 atom stereocenters. The van der Waals surface area contributed by atoms with E-state index in [0.717, 1.165) is 5.56 Å². The second-order valence-electron chi connectivity index (χ2n) is 7.87. The summed E-state index contributed by atoms with van der Waals surface area (Å²) >= 11 is 0. The van der Waals surface area contributed by atoms with E-state index in [9.17, 15) is 18.8 Å². The standard InChI is InChI=1S/C24H23FN4O3/c1-15-8-9-18-19(13-15)24(32)29(23(18)31)11-4-7-20(30)27-21(22-26-10-12-28(22)2)16-5-3-6-17(25)14-16/h3,5-6,8-10,12-14,21H,4,7,11H2,1-2H3,(H,27,30). The van der Waals surface area contributed by atoms with Crippen LogP contribution in [0, 0.1) is 12.7 Å². The third kappa shape index (κ3) is 4.16. The van der Waals surface area contributed by atoms with Gasteiger partial charge in [0.2, 0.25) is 5.91 Å². The van der Waals surface area contributed by atoms with E-state index in [0.29, 0.717) is 28.9 Å². The van der Waals surface area contributed by atoms with Gasteiger partial charge in [0, 0.05) is 32.4 Å². The lowest BCUT2D eigenvalue weighted by atomic mass is 10.1. The van der Waals surface area contributed by atoms with Gasteiger partial charge in [-0.05, 0) is 43.2 Å². The molecule has 1 aromatic heterocycles. The molecular weight excluding hydrogens is 411 g/mol. The first-order valence-electron chi connectivity index (χ1n) is 10.3. The predicted molar refractivity (Wildman–Crippen MR) is 115 cm³/mol. The molecule has 1 N–H and O–H groups in total. The van der Waals surface area contributed by atoms with Gasteiger partial charge in [-0.2, -0.15) is 0 Å². The van der Waals surface area contributed by atoms with Crippen molar-refractivity contribution in [2.45, 2.75) is 25.8 Å². The quantitative estimate of drug-likeness (QED) is 0.579. The Labute approximate surface area is 184 Å². The number of halogens is 1. The van der Waals surface area contributed by atoms with Crippen molar-refractivity contribution in [2.75, 3.05) is 6.54 Å². The molecule has 0 aliphatic carbocycles. The fourth-order valence-electron chi connectivity index (χ4n) is 3.88. The molecule has 1 aliphatic rings. The van der Waals surface area contributed by atoms with E-state index in [4.69, 9.17) is 0 Å². The number of carbonyl (C=O) groups excluding carboxylic acids is 3. The van der Waals surface area contributed by atoms with Crippen molar-refractivity contribution in [3.8, 4) is 0 Å². The maximum atomic E-state index is 13.8. The van der Waals surface area contributed by atoms with E-state index in [-0.39, 0.29) is 30.7 Å². The number of amides is 3. The normalized spacial score (nSPS) is 13.9. The van der Waals surface area contributed by atoms with Gasteiger partial charge in [-0.3, -0.25) is 19.3 Å². The van der Waals surface area contributed by atoms with E-state index in [1.54, 1.807) is 54.3 Å². The van der Waals surface area contributed by atoms with Crippen LogP contribution < -0.4 is 5.32 Å². The zero-order chi connectivity index (χ0) is 22.8. The summed E-state index contributed by atoms with van der Waals surface area (Å²) < 4.78 is 15.5. The van der Waals surface area contributed by atoms with Crippen LogP contribution in [0.25, 0.3) is 0 Å². The lowest BCUT2D eigenvalue weighted by molar-refractivity contribution is -0.121. The SMILES string of the molecule is Cc1ccc2c(c1)C(=O)N(CCCC(=O)NC(c1cccc(F)c1)c1nccn1C)C2=O.